The van der Waals surface area contributed by atoms with Crippen molar-refractivity contribution in [1.29, 1.82) is 0 Å². The van der Waals surface area contributed by atoms with Crippen molar-refractivity contribution in [2.45, 2.75) is 6.54 Å². The lowest BCUT2D eigenvalue weighted by Crippen LogP contribution is -2.27. The number of benzene rings is 1. The van der Waals surface area contributed by atoms with Gasteiger partial charge in [-0.25, -0.2) is 9.78 Å². The van der Waals surface area contributed by atoms with Gasteiger partial charge in [0.2, 0.25) is 5.95 Å². The van der Waals surface area contributed by atoms with Gasteiger partial charge in [-0.3, -0.25) is 4.79 Å². The van der Waals surface area contributed by atoms with Crippen molar-refractivity contribution in [3.63, 3.8) is 0 Å². The Morgan fingerprint density at radius 1 is 1.19 bits per heavy atom. The number of carboxylic acids is 1. The van der Waals surface area contributed by atoms with E-state index in [1.807, 2.05) is 0 Å². The van der Waals surface area contributed by atoms with E-state index in [-0.39, 0.29) is 17.8 Å². The number of hydrogen-bond donors (Lipinski definition) is 1. The second kappa shape index (κ2) is 6.13. The third kappa shape index (κ3) is 3.62. The third-order valence-electron chi connectivity index (χ3n) is 2.90. The molecule has 5 nitrogen and oxygen atoms in total. The van der Waals surface area contributed by atoms with Gasteiger partial charge in [0.15, 0.2) is 0 Å². The smallest absolute Gasteiger partial charge is 0.335 e. The van der Waals surface area contributed by atoms with Crippen LogP contribution in [0, 0.1) is 5.95 Å². The Balaban J connectivity index is 2.08. The molecule has 0 fully saturated rings. The topological polar surface area (TPSA) is 70.5 Å². The molecule has 21 heavy (non-hydrogen) atoms. The number of carbonyl (C=O) groups is 2. The maximum Gasteiger partial charge on any atom is 0.335 e. The maximum absolute atomic E-state index is 13.0. The molecule has 1 aromatic heterocycles. The van der Waals surface area contributed by atoms with Gasteiger partial charge in [0, 0.05) is 13.6 Å². The number of pyridine rings is 1. The van der Waals surface area contributed by atoms with Gasteiger partial charge in [0.1, 0.15) is 5.69 Å². The molecule has 1 amide bonds. The van der Waals surface area contributed by atoms with Crippen molar-refractivity contribution in [3.8, 4) is 0 Å². The van der Waals surface area contributed by atoms with E-state index < -0.39 is 17.8 Å². The fourth-order valence-electron chi connectivity index (χ4n) is 1.82. The van der Waals surface area contributed by atoms with Gasteiger partial charge in [0.25, 0.3) is 5.91 Å². The van der Waals surface area contributed by atoms with Gasteiger partial charge >= 0.3 is 5.97 Å². The first-order valence-corrected chi connectivity index (χ1v) is 6.17. The van der Waals surface area contributed by atoms with Crippen LogP contribution in [-0.2, 0) is 6.54 Å². The molecule has 0 saturated heterocycles. The van der Waals surface area contributed by atoms with Crippen LogP contribution in [-0.4, -0.2) is 33.9 Å². The number of halogens is 1. The Kier molecular flexibility index (Phi) is 4.27. The van der Waals surface area contributed by atoms with Gasteiger partial charge in [-0.15, -0.1) is 0 Å². The Hall–Kier alpha value is -2.76. The molecule has 6 heteroatoms. The van der Waals surface area contributed by atoms with Crippen LogP contribution in [0.15, 0.2) is 42.5 Å². The van der Waals surface area contributed by atoms with Gasteiger partial charge in [0.05, 0.1) is 5.56 Å². The molecular formula is C15H13FN2O3. The molecular weight excluding hydrogens is 275 g/mol. The van der Waals surface area contributed by atoms with E-state index in [0.29, 0.717) is 0 Å². The molecule has 0 aliphatic carbocycles. The lowest BCUT2D eigenvalue weighted by Gasteiger charge is -2.16. The van der Waals surface area contributed by atoms with Gasteiger partial charge in [-0.05, 0) is 29.8 Å². The van der Waals surface area contributed by atoms with E-state index in [9.17, 15) is 14.0 Å². The van der Waals surface area contributed by atoms with E-state index in [1.165, 1.54) is 35.2 Å². The molecule has 0 aliphatic rings. The first kappa shape index (κ1) is 14.6. The quantitative estimate of drug-likeness (QED) is 0.875. The number of nitrogens with zero attached hydrogens (tertiary/aromatic N) is 2. The normalized spacial score (nSPS) is 10.2. The highest BCUT2D eigenvalue weighted by atomic mass is 19.1. The van der Waals surface area contributed by atoms with E-state index in [1.54, 1.807) is 19.2 Å². The Morgan fingerprint density at radius 2 is 1.86 bits per heavy atom. The van der Waals surface area contributed by atoms with E-state index in [4.69, 9.17) is 5.11 Å². The lowest BCUT2D eigenvalue weighted by atomic mass is 10.1. The Labute approximate surface area is 120 Å². The monoisotopic (exact) mass is 288 g/mol. The second-order valence-electron chi connectivity index (χ2n) is 4.51. The Bertz CT molecular complexity index is 671. The zero-order valence-corrected chi connectivity index (χ0v) is 11.3. The summed E-state index contributed by atoms with van der Waals surface area (Å²) in [5.74, 6) is -2.12. The summed E-state index contributed by atoms with van der Waals surface area (Å²) in [5, 5.41) is 8.81. The molecule has 1 N–H and O–H groups in total. The summed E-state index contributed by atoms with van der Waals surface area (Å²) < 4.78 is 13.0. The van der Waals surface area contributed by atoms with Gasteiger partial charge in [-0.1, -0.05) is 18.2 Å². The number of rotatable bonds is 4. The predicted molar refractivity (Wildman–Crippen MR) is 73.4 cm³/mol. The molecule has 0 unspecified atom stereocenters. The number of carboxylic acid groups (broad SMARTS) is 1. The average molecular weight is 288 g/mol. The van der Waals surface area contributed by atoms with Crippen LogP contribution in [0.3, 0.4) is 0 Å². The number of carbonyl (C=O) groups excluding carboxylic acids is 1. The highest BCUT2D eigenvalue weighted by Crippen LogP contribution is 2.09. The molecule has 0 bridgehead atoms. The van der Waals surface area contributed by atoms with Crippen LogP contribution in [0.1, 0.15) is 26.4 Å². The minimum atomic E-state index is -1.00. The molecule has 1 aromatic carbocycles. The van der Waals surface area contributed by atoms with Crippen molar-refractivity contribution < 1.29 is 19.1 Å². The van der Waals surface area contributed by atoms with Crippen molar-refractivity contribution in [2.75, 3.05) is 7.05 Å². The van der Waals surface area contributed by atoms with Gasteiger partial charge in [-0.2, -0.15) is 4.39 Å². The summed E-state index contributed by atoms with van der Waals surface area (Å²) in [6, 6.07) is 10.2. The van der Waals surface area contributed by atoms with Crippen LogP contribution < -0.4 is 0 Å². The van der Waals surface area contributed by atoms with Crippen LogP contribution in [0.2, 0.25) is 0 Å². The number of aromatic nitrogens is 1. The summed E-state index contributed by atoms with van der Waals surface area (Å²) >= 11 is 0. The fourth-order valence-corrected chi connectivity index (χ4v) is 1.82. The third-order valence-corrected chi connectivity index (χ3v) is 2.90. The highest BCUT2D eigenvalue weighted by molar-refractivity contribution is 5.92. The highest BCUT2D eigenvalue weighted by Gasteiger charge is 2.14. The predicted octanol–water partition coefficient (Wildman–Crippen LogP) is 2.19. The molecule has 0 saturated carbocycles. The van der Waals surface area contributed by atoms with Crippen molar-refractivity contribution in [3.05, 3.63) is 65.2 Å². The van der Waals surface area contributed by atoms with Crippen LogP contribution in [0.25, 0.3) is 0 Å². The number of hydrogen-bond acceptors (Lipinski definition) is 3. The fraction of sp³-hybridized carbons (Fsp3) is 0.133. The van der Waals surface area contributed by atoms with Crippen molar-refractivity contribution in [1.82, 2.24) is 9.88 Å². The second-order valence-corrected chi connectivity index (χ2v) is 4.51. The molecule has 0 spiro atoms. The first-order valence-electron chi connectivity index (χ1n) is 6.17. The summed E-state index contributed by atoms with van der Waals surface area (Å²) in [4.78, 5) is 27.8. The zero-order valence-electron chi connectivity index (χ0n) is 11.3. The first-order chi connectivity index (χ1) is 9.97. The molecule has 1 heterocycles. The summed E-state index contributed by atoms with van der Waals surface area (Å²) in [5.41, 5.74) is 0.978. The molecule has 0 aliphatic heterocycles. The van der Waals surface area contributed by atoms with Gasteiger partial charge < -0.3 is 10.0 Å². The minimum absolute atomic E-state index is 0.0275. The summed E-state index contributed by atoms with van der Waals surface area (Å²) in [7, 11) is 1.57. The molecule has 108 valence electrons. The van der Waals surface area contributed by atoms with Crippen LogP contribution in [0.4, 0.5) is 4.39 Å². The Morgan fingerprint density at radius 3 is 2.43 bits per heavy atom. The number of amides is 1. The van der Waals surface area contributed by atoms with Crippen molar-refractivity contribution in [2.24, 2.45) is 0 Å². The molecule has 0 atom stereocenters. The lowest BCUT2D eigenvalue weighted by molar-refractivity contribution is 0.0695. The van der Waals surface area contributed by atoms with Crippen LogP contribution in [0.5, 0.6) is 0 Å². The molecule has 2 aromatic rings. The van der Waals surface area contributed by atoms with E-state index >= 15 is 0 Å². The van der Waals surface area contributed by atoms with Crippen molar-refractivity contribution >= 4 is 11.9 Å². The maximum atomic E-state index is 13.0. The SMILES string of the molecule is CN(Cc1ccc(C(=O)O)cc1)C(=O)c1cccc(F)n1. The largest absolute Gasteiger partial charge is 0.478 e. The molecule has 0 radical (unpaired) electrons. The van der Waals surface area contributed by atoms with Crippen LogP contribution >= 0.6 is 0 Å². The van der Waals surface area contributed by atoms with E-state index in [0.717, 1.165) is 5.56 Å². The molecule has 2 rings (SSSR count). The number of aromatic carboxylic acids is 1. The minimum Gasteiger partial charge on any atom is -0.478 e. The summed E-state index contributed by atoms with van der Waals surface area (Å²) in [6.07, 6.45) is 0. The summed E-state index contributed by atoms with van der Waals surface area (Å²) in [6.45, 7) is 0.275. The average Bonchev–Trinajstić information content (AvgIpc) is 2.47. The van der Waals surface area contributed by atoms with E-state index in [2.05, 4.69) is 4.98 Å². The zero-order chi connectivity index (χ0) is 15.4. The standard InChI is InChI=1S/C15H13FN2O3/c1-18(14(19)12-3-2-4-13(16)17-12)9-10-5-7-11(8-6-10)15(20)21/h2-8H,9H2,1H3,(H,20,21).